The van der Waals surface area contributed by atoms with E-state index in [1.165, 1.54) is 0 Å². The van der Waals surface area contributed by atoms with Gasteiger partial charge in [0.1, 0.15) is 5.75 Å². The van der Waals surface area contributed by atoms with Gasteiger partial charge in [-0.1, -0.05) is 6.92 Å². The zero-order chi connectivity index (χ0) is 8.10. The van der Waals surface area contributed by atoms with Crippen LogP contribution in [0.2, 0.25) is 0 Å². The molecule has 1 heterocycles. The Morgan fingerprint density at radius 2 is 2.36 bits per heavy atom. The number of aryl methyl sites for hydroxylation is 1. The molecule has 2 heteroatoms. The number of hydrogen-bond acceptors (Lipinski definition) is 2. The van der Waals surface area contributed by atoms with E-state index in [2.05, 4.69) is 18.0 Å². The molecule has 0 aliphatic carbocycles. The van der Waals surface area contributed by atoms with Crippen LogP contribution in [0, 0.1) is 6.07 Å². The second-order valence-electron chi connectivity index (χ2n) is 2.15. The highest BCUT2D eigenvalue weighted by atomic mass is 16.5. The molecule has 1 rings (SSSR count). The molecule has 0 unspecified atom stereocenters. The fourth-order valence-electron chi connectivity index (χ4n) is 0.903. The number of pyridine rings is 1. The molecule has 0 saturated heterocycles. The smallest absolute Gasteiger partial charge is 0.148 e. The molecule has 1 radical (unpaired) electrons. The van der Waals surface area contributed by atoms with Crippen molar-refractivity contribution in [3.05, 3.63) is 24.0 Å². The van der Waals surface area contributed by atoms with Gasteiger partial charge in [0, 0.05) is 12.3 Å². The van der Waals surface area contributed by atoms with Gasteiger partial charge in [0.25, 0.3) is 0 Å². The molecule has 0 spiro atoms. The lowest BCUT2D eigenvalue weighted by Crippen LogP contribution is -1.97. The quantitative estimate of drug-likeness (QED) is 0.656. The molecule has 0 amide bonds. The van der Waals surface area contributed by atoms with Crippen LogP contribution in [0.4, 0.5) is 0 Å². The van der Waals surface area contributed by atoms with Gasteiger partial charge in [0.2, 0.25) is 0 Å². The highest BCUT2D eigenvalue weighted by Gasteiger charge is 1.99. The Morgan fingerprint density at radius 1 is 1.55 bits per heavy atom. The third-order valence-electron chi connectivity index (χ3n) is 1.41. The maximum Gasteiger partial charge on any atom is 0.148 e. The van der Waals surface area contributed by atoms with Crippen molar-refractivity contribution in [1.29, 1.82) is 0 Å². The lowest BCUT2D eigenvalue weighted by Gasteiger charge is -2.05. The summed E-state index contributed by atoms with van der Waals surface area (Å²) < 4.78 is 5.31. The van der Waals surface area contributed by atoms with Gasteiger partial charge in [-0.15, -0.1) is 0 Å². The molecule has 0 aliphatic rings. The number of nitrogens with zero attached hydrogens (tertiary/aromatic N) is 1. The van der Waals surface area contributed by atoms with E-state index in [4.69, 9.17) is 4.74 Å². The summed E-state index contributed by atoms with van der Waals surface area (Å²) in [5, 5.41) is 0. The van der Waals surface area contributed by atoms with E-state index in [1.54, 1.807) is 12.3 Å². The molecule has 0 aromatic carbocycles. The van der Waals surface area contributed by atoms with Gasteiger partial charge in [-0.25, -0.2) is 0 Å². The van der Waals surface area contributed by atoms with Gasteiger partial charge in [-0.2, -0.15) is 0 Å². The van der Waals surface area contributed by atoms with E-state index in [-0.39, 0.29) is 0 Å². The van der Waals surface area contributed by atoms with Gasteiger partial charge in [-0.05, 0) is 19.4 Å². The minimum atomic E-state index is 0.676. The summed E-state index contributed by atoms with van der Waals surface area (Å²) in [5.74, 6) is 0.789. The Kier molecular flexibility index (Phi) is 2.90. The maximum absolute atomic E-state index is 5.31. The fourth-order valence-corrected chi connectivity index (χ4v) is 0.903. The summed E-state index contributed by atoms with van der Waals surface area (Å²) in [6.07, 6.45) is 2.63. The van der Waals surface area contributed by atoms with E-state index >= 15 is 0 Å². The van der Waals surface area contributed by atoms with Crippen LogP contribution in [0.1, 0.15) is 19.5 Å². The molecule has 0 saturated carbocycles. The van der Waals surface area contributed by atoms with Gasteiger partial charge in [-0.3, -0.25) is 4.98 Å². The first kappa shape index (κ1) is 8.05. The molecule has 0 N–H and O–H groups in total. The van der Waals surface area contributed by atoms with Gasteiger partial charge in [0.15, 0.2) is 0 Å². The Labute approximate surface area is 67.2 Å². The van der Waals surface area contributed by atoms with Crippen molar-refractivity contribution in [2.75, 3.05) is 6.61 Å². The zero-order valence-electron chi connectivity index (χ0n) is 6.92. The minimum absolute atomic E-state index is 0.676. The van der Waals surface area contributed by atoms with Crippen LogP contribution >= 0.6 is 0 Å². The van der Waals surface area contributed by atoms with Crippen LogP contribution in [-0.4, -0.2) is 11.6 Å². The van der Waals surface area contributed by atoms with Crippen molar-refractivity contribution >= 4 is 0 Å². The lowest BCUT2D eigenvalue weighted by molar-refractivity contribution is 0.334. The van der Waals surface area contributed by atoms with Crippen LogP contribution in [0.15, 0.2) is 12.3 Å². The van der Waals surface area contributed by atoms with Crippen molar-refractivity contribution in [2.45, 2.75) is 20.3 Å². The summed E-state index contributed by atoms with van der Waals surface area (Å²) in [6.45, 7) is 4.69. The highest BCUT2D eigenvalue weighted by Crippen LogP contribution is 2.13. The molecule has 59 valence electrons. The van der Waals surface area contributed by atoms with Crippen molar-refractivity contribution in [3.8, 4) is 5.75 Å². The Morgan fingerprint density at radius 3 is 3.00 bits per heavy atom. The Bertz CT molecular complexity index is 223. The fraction of sp³-hybridized carbons (Fsp3) is 0.444. The summed E-state index contributed by atoms with van der Waals surface area (Å²) in [6, 6.07) is 4.77. The van der Waals surface area contributed by atoms with Crippen molar-refractivity contribution in [1.82, 2.24) is 4.98 Å². The first-order valence-electron chi connectivity index (χ1n) is 3.86. The topological polar surface area (TPSA) is 22.1 Å². The van der Waals surface area contributed by atoms with Gasteiger partial charge >= 0.3 is 0 Å². The molecular formula is C9H12NO. The lowest BCUT2D eigenvalue weighted by atomic mass is 10.3. The highest BCUT2D eigenvalue weighted by molar-refractivity contribution is 5.25. The van der Waals surface area contributed by atoms with Crippen LogP contribution in [0.3, 0.4) is 0 Å². The number of hydrogen-bond donors (Lipinski definition) is 0. The molecule has 1 aromatic heterocycles. The molecule has 0 bridgehead atoms. The van der Waals surface area contributed by atoms with Crippen molar-refractivity contribution < 1.29 is 4.74 Å². The van der Waals surface area contributed by atoms with Crippen molar-refractivity contribution in [2.24, 2.45) is 0 Å². The first-order valence-corrected chi connectivity index (χ1v) is 3.86. The van der Waals surface area contributed by atoms with Gasteiger partial charge < -0.3 is 4.74 Å². The maximum atomic E-state index is 5.31. The monoisotopic (exact) mass is 150 g/mol. The molecule has 0 aliphatic heterocycles. The summed E-state index contributed by atoms with van der Waals surface area (Å²) in [4.78, 5) is 4.16. The van der Waals surface area contributed by atoms with Crippen LogP contribution in [0.25, 0.3) is 0 Å². The predicted molar refractivity (Wildman–Crippen MR) is 43.6 cm³/mol. The Balaban J connectivity index is 2.83. The summed E-state index contributed by atoms with van der Waals surface area (Å²) in [7, 11) is 0. The third kappa shape index (κ3) is 1.93. The predicted octanol–water partition coefficient (Wildman–Crippen LogP) is 1.84. The minimum Gasteiger partial charge on any atom is -0.491 e. The molecule has 0 atom stereocenters. The molecule has 11 heavy (non-hydrogen) atoms. The molecular weight excluding hydrogens is 138 g/mol. The summed E-state index contributed by atoms with van der Waals surface area (Å²) in [5.41, 5.74) is 0.981. The number of aromatic nitrogens is 1. The van der Waals surface area contributed by atoms with Crippen LogP contribution < -0.4 is 4.74 Å². The molecule has 2 nitrogen and oxygen atoms in total. The average Bonchev–Trinajstić information content (AvgIpc) is 2.06. The third-order valence-corrected chi connectivity index (χ3v) is 1.41. The van der Waals surface area contributed by atoms with Gasteiger partial charge in [0.05, 0.1) is 12.3 Å². The van der Waals surface area contributed by atoms with E-state index in [9.17, 15) is 0 Å². The largest absolute Gasteiger partial charge is 0.491 e. The van der Waals surface area contributed by atoms with E-state index < -0.39 is 0 Å². The second-order valence-corrected chi connectivity index (χ2v) is 2.15. The standard InChI is InChI=1S/C9H12NO/c1-3-8-9(11-4-2)6-5-7-10-8/h5,7H,3-4H2,1-2H3. The second kappa shape index (κ2) is 3.96. The van der Waals surface area contributed by atoms with Crippen LogP contribution in [-0.2, 0) is 6.42 Å². The SMILES string of the molecule is CCOc1[c]ccnc1CC. The first-order chi connectivity index (χ1) is 5.38. The number of ether oxygens (including phenoxy) is 1. The van der Waals surface area contributed by atoms with E-state index in [1.807, 2.05) is 6.92 Å². The van der Waals surface area contributed by atoms with Crippen molar-refractivity contribution in [3.63, 3.8) is 0 Å². The van der Waals surface area contributed by atoms with Crippen LogP contribution in [0.5, 0.6) is 5.75 Å². The Hall–Kier alpha value is -1.05. The molecule has 1 aromatic rings. The van der Waals surface area contributed by atoms with E-state index in [0.29, 0.717) is 6.61 Å². The number of rotatable bonds is 3. The molecule has 0 fully saturated rings. The average molecular weight is 150 g/mol. The zero-order valence-corrected chi connectivity index (χ0v) is 6.92. The van der Waals surface area contributed by atoms with E-state index in [0.717, 1.165) is 17.9 Å². The normalized spacial score (nSPS) is 9.64. The summed E-state index contributed by atoms with van der Waals surface area (Å²) >= 11 is 0.